The van der Waals surface area contributed by atoms with E-state index >= 15 is 0 Å². The van der Waals surface area contributed by atoms with Crippen molar-refractivity contribution in [2.24, 2.45) is 5.92 Å². The van der Waals surface area contributed by atoms with Crippen molar-refractivity contribution in [3.8, 4) is 0 Å². The van der Waals surface area contributed by atoms with Crippen LogP contribution in [0, 0.1) is 12.8 Å². The Labute approximate surface area is 149 Å². The summed E-state index contributed by atoms with van der Waals surface area (Å²) < 4.78 is 0. The number of carbonyl (C=O) groups is 2. The lowest BCUT2D eigenvalue weighted by atomic mass is 9.90. The topological polar surface area (TPSA) is 37.4 Å². The lowest BCUT2D eigenvalue weighted by Crippen LogP contribution is -2.38. The van der Waals surface area contributed by atoms with Gasteiger partial charge in [-0.25, -0.2) is 0 Å². The fraction of sp³-hybridized carbons (Fsp3) is 0.364. The van der Waals surface area contributed by atoms with E-state index in [9.17, 15) is 9.59 Å². The number of benzene rings is 2. The molecule has 0 aliphatic carbocycles. The molecule has 1 aliphatic rings. The van der Waals surface area contributed by atoms with E-state index in [1.165, 1.54) is 5.56 Å². The average molecular weight is 335 g/mol. The zero-order chi connectivity index (χ0) is 17.6. The lowest BCUT2D eigenvalue weighted by Gasteiger charge is -2.32. The summed E-state index contributed by atoms with van der Waals surface area (Å²) in [5.41, 5.74) is 2.74. The lowest BCUT2D eigenvalue weighted by molar-refractivity contribution is 0.0681. The summed E-state index contributed by atoms with van der Waals surface area (Å²) in [7, 11) is 0. The largest absolute Gasteiger partial charge is 0.339 e. The smallest absolute Gasteiger partial charge is 0.253 e. The quantitative estimate of drug-likeness (QED) is 0.754. The Morgan fingerprint density at radius 3 is 2.20 bits per heavy atom. The summed E-state index contributed by atoms with van der Waals surface area (Å²) in [5, 5.41) is 0. The van der Waals surface area contributed by atoms with Gasteiger partial charge in [0.05, 0.1) is 0 Å². The maximum atomic E-state index is 12.5. The summed E-state index contributed by atoms with van der Waals surface area (Å²) >= 11 is 0. The first-order valence-corrected chi connectivity index (χ1v) is 9.07. The minimum atomic E-state index is 0.120. The fourth-order valence-corrected chi connectivity index (χ4v) is 3.41. The first-order valence-electron chi connectivity index (χ1n) is 9.07. The second-order valence-electron chi connectivity index (χ2n) is 6.93. The van der Waals surface area contributed by atoms with Gasteiger partial charge in [0.15, 0.2) is 5.78 Å². The van der Waals surface area contributed by atoms with E-state index in [0.29, 0.717) is 12.3 Å². The van der Waals surface area contributed by atoms with Crippen molar-refractivity contribution in [1.82, 2.24) is 4.90 Å². The van der Waals surface area contributed by atoms with Crippen LogP contribution >= 0.6 is 0 Å². The summed E-state index contributed by atoms with van der Waals surface area (Å²) in [6, 6.07) is 17.3. The van der Waals surface area contributed by atoms with E-state index in [0.717, 1.165) is 43.5 Å². The Hall–Kier alpha value is -2.42. The molecule has 1 saturated heterocycles. The molecule has 0 N–H and O–H groups in total. The van der Waals surface area contributed by atoms with Gasteiger partial charge in [-0.1, -0.05) is 48.0 Å². The number of Topliss-reactive ketones (excluding diaryl/α,β-unsaturated/α-hetero) is 1. The van der Waals surface area contributed by atoms with Crippen LogP contribution in [0.2, 0.25) is 0 Å². The summed E-state index contributed by atoms with van der Waals surface area (Å²) in [6.45, 7) is 3.60. The summed E-state index contributed by atoms with van der Waals surface area (Å²) in [5.74, 6) is 0.881. The highest BCUT2D eigenvalue weighted by molar-refractivity contribution is 5.96. The molecule has 0 aromatic heterocycles. The molecular formula is C22H25NO2. The van der Waals surface area contributed by atoms with Gasteiger partial charge in [-0.05, 0) is 44.2 Å². The monoisotopic (exact) mass is 335 g/mol. The van der Waals surface area contributed by atoms with Crippen LogP contribution < -0.4 is 0 Å². The number of rotatable bonds is 5. The third-order valence-corrected chi connectivity index (χ3v) is 5.08. The molecule has 1 heterocycles. The van der Waals surface area contributed by atoms with Gasteiger partial charge in [-0.15, -0.1) is 0 Å². The molecule has 0 bridgehead atoms. The third kappa shape index (κ3) is 4.56. The molecule has 0 spiro atoms. The predicted molar refractivity (Wildman–Crippen MR) is 99.8 cm³/mol. The fourth-order valence-electron chi connectivity index (χ4n) is 3.41. The van der Waals surface area contributed by atoms with Crippen LogP contribution in [0.3, 0.4) is 0 Å². The van der Waals surface area contributed by atoms with E-state index in [4.69, 9.17) is 0 Å². The molecule has 1 amide bonds. The highest BCUT2D eigenvalue weighted by Gasteiger charge is 2.24. The van der Waals surface area contributed by atoms with Crippen molar-refractivity contribution >= 4 is 11.7 Å². The van der Waals surface area contributed by atoms with Crippen molar-refractivity contribution in [2.45, 2.75) is 32.6 Å². The van der Waals surface area contributed by atoms with Gasteiger partial charge >= 0.3 is 0 Å². The number of hydrogen-bond acceptors (Lipinski definition) is 2. The number of piperidine rings is 1. The maximum absolute atomic E-state index is 12.5. The van der Waals surface area contributed by atoms with Crippen LogP contribution in [0.15, 0.2) is 54.6 Å². The van der Waals surface area contributed by atoms with E-state index in [1.807, 2.05) is 66.4 Å². The van der Waals surface area contributed by atoms with Gasteiger partial charge in [0.2, 0.25) is 0 Å². The molecule has 0 atom stereocenters. The number of amides is 1. The molecule has 130 valence electrons. The number of nitrogens with zero attached hydrogens (tertiary/aromatic N) is 1. The number of aryl methyl sites for hydroxylation is 1. The van der Waals surface area contributed by atoms with Gasteiger partial charge in [-0.3, -0.25) is 9.59 Å². The van der Waals surface area contributed by atoms with Crippen LogP contribution in [0.1, 0.15) is 52.0 Å². The standard InChI is InChI=1S/C22H25NO2/c1-17-7-10-19(11-8-17)21(24)12-9-18-13-15-23(16-14-18)22(25)20-5-3-2-4-6-20/h2-8,10-11,18H,9,12-16H2,1H3. The number of carbonyl (C=O) groups excluding carboxylic acids is 2. The number of hydrogen-bond donors (Lipinski definition) is 0. The molecule has 0 unspecified atom stereocenters. The van der Waals surface area contributed by atoms with Crippen molar-refractivity contribution in [2.75, 3.05) is 13.1 Å². The van der Waals surface area contributed by atoms with Crippen LogP contribution in [-0.2, 0) is 0 Å². The molecule has 2 aromatic carbocycles. The number of ketones is 1. The van der Waals surface area contributed by atoms with Crippen molar-refractivity contribution in [3.05, 3.63) is 71.3 Å². The molecule has 1 fully saturated rings. The van der Waals surface area contributed by atoms with Gasteiger partial charge < -0.3 is 4.90 Å². The minimum absolute atomic E-state index is 0.120. The minimum Gasteiger partial charge on any atom is -0.339 e. The van der Waals surface area contributed by atoms with Gasteiger partial charge in [0.25, 0.3) is 5.91 Å². The second-order valence-corrected chi connectivity index (χ2v) is 6.93. The molecule has 0 saturated carbocycles. The molecule has 3 heteroatoms. The number of likely N-dealkylation sites (tertiary alicyclic amines) is 1. The zero-order valence-electron chi connectivity index (χ0n) is 14.8. The average Bonchev–Trinajstić information content (AvgIpc) is 2.67. The summed E-state index contributed by atoms with van der Waals surface area (Å²) in [4.78, 5) is 26.7. The van der Waals surface area contributed by atoms with Gasteiger partial charge in [0, 0.05) is 30.6 Å². The molecule has 2 aromatic rings. The molecule has 25 heavy (non-hydrogen) atoms. The molecule has 1 aliphatic heterocycles. The van der Waals surface area contributed by atoms with E-state index in [-0.39, 0.29) is 11.7 Å². The van der Waals surface area contributed by atoms with Crippen molar-refractivity contribution in [1.29, 1.82) is 0 Å². The Bertz CT molecular complexity index is 713. The summed E-state index contributed by atoms with van der Waals surface area (Å²) in [6.07, 6.45) is 3.49. The van der Waals surface area contributed by atoms with Crippen molar-refractivity contribution in [3.63, 3.8) is 0 Å². The van der Waals surface area contributed by atoms with Crippen LogP contribution in [0.25, 0.3) is 0 Å². The van der Waals surface area contributed by atoms with Crippen LogP contribution in [-0.4, -0.2) is 29.7 Å². The highest BCUT2D eigenvalue weighted by atomic mass is 16.2. The predicted octanol–water partition coefficient (Wildman–Crippen LogP) is 4.51. The van der Waals surface area contributed by atoms with E-state index in [1.54, 1.807) is 0 Å². The Morgan fingerprint density at radius 1 is 0.920 bits per heavy atom. The first kappa shape index (κ1) is 17.4. The Balaban J connectivity index is 1.45. The maximum Gasteiger partial charge on any atom is 0.253 e. The Kier molecular flexibility index (Phi) is 5.64. The molecule has 0 radical (unpaired) electrons. The van der Waals surface area contributed by atoms with Crippen LogP contribution in [0.5, 0.6) is 0 Å². The zero-order valence-corrected chi connectivity index (χ0v) is 14.8. The van der Waals surface area contributed by atoms with Gasteiger partial charge in [-0.2, -0.15) is 0 Å². The normalized spacial score (nSPS) is 15.2. The first-order chi connectivity index (χ1) is 12.1. The third-order valence-electron chi connectivity index (χ3n) is 5.08. The van der Waals surface area contributed by atoms with Crippen LogP contribution in [0.4, 0.5) is 0 Å². The second kappa shape index (κ2) is 8.11. The Morgan fingerprint density at radius 2 is 1.56 bits per heavy atom. The van der Waals surface area contributed by atoms with E-state index < -0.39 is 0 Å². The molecular weight excluding hydrogens is 310 g/mol. The SMILES string of the molecule is Cc1ccc(C(=O)CCC2CCN(C(=O)c3ccccc3)CC2)cc1. The highest BCUT2D eigenvalue weighted by Crippen LogP contribution is 2.24. The molecule has 3 nitrogen and oxygen atoms in total. The molecule has 3 rings (SSSR count). The van der Waals surface area contributed by atoms with Gasteiger partial charge in [0.1, 0.15) is 0 Å². The van der Waals surface area contributed by atoms with Crippen molar-refractivity contribution < 1.29 is 9.59 Å². The van der Waals surface area contributed by atoms with E-state index in [2.05, 4.69) is 0 Å².